The Labute approximate surface area is 136 Å². The van der Waals surface area contributed by atoms with E-state index in [1.807, 2.05) is 6.07 Å². The molecule has 0 N–H and O–H groups in total. The first-order chi connectivity index (χ1) is 11.1. The predicted molar refractivity (Wildman–Crippen MR) is 94.2 cm³/mol. The molecule has 0 radical (unpaired) electrons. The zero-order valence-corrected chi connectivity index (χ0v) is 13.7. The summed E-state index contributed by atoms with van der Waals surface area (Å²) < 4.78 is 2.38. The van der Waals surface area contributed by atoms with Crippen LogP contribution in [0.25, 0.3) is 10.9 Å². The fourth-order valence-electron chi connectivity index (χ4n) is 3.99. The molecule has 116 valence electrons. The SMILES string of the molecule is Cc1cc(C)c2c(c1)c1c(n2Cc2ccccc2)CCCC1=O. The normalized spacial score (nSPS) is 14.3. The van der Waals surface area contributed by atoms with E-state index in [1.165, 1.54) is 27.9 Å². The van der Waals surface area contributed by atoms with Crippen molar-refractivity contribution >= 4 is 16.7 Å². The van der Waals surface area contributed by atoms with E-state index in [-0.39, 0.29) is 0 Å². The summed E-state index contributed by atoms with van der Waals surface area (Å²) in [5, 5.41) is 1.15. The summed E-state index contributed by atoms with van der Waals surface area (Å²) in [6.45, 7) is 5.11. The maximum absolute atomic E-state index is 12.6. The van der Waals surface area contributed by atoms with E-state index in [1.54, 1.807) is 0 Å². The number of ketones is 1. The second kappa shape index (κ2) is 5.38. The van der Waals surface area contributed by atoms with E-state index in [0.29, 0.717) is 12.2 Å². The van der Waals surface area contributed by atoms with Crippen LogP contribution in [0.1, 0.15) is 45.6 Å². The Kier molecular flexibility index (Phi) is 3.33. The van der Waals surface area contributed by atoms with Gasteiger partial charge in [0.25, 0.3) is 0 Å². The van der Waals surface area contributed by atoms with Gasteiger partial charge in [-0.25, -0.2) is 0 Å². The van der Waals surface area contributed by atoms with Crippen molar-refractivity contribution in [3.05, 3.63) is 70.4 Å². The number of hydrogen-bond acceptors (Lipinski definition) is 1. The van der Waals surface area contributed by atoms with Crippen LogP contribution in [-0.2, 0) is 13.0 Å². The molecule has 0 atom stereocenters. The number of rotatable bonds is 2. The summed E-state index contributed by atoms with van der Waals surface area (Å²) in [4.78, 5) is 12.6. The molecule has 23 heavy (non-hydrogen) atoms. The Morgan fingerprint density at radius 3 is 2.61 bits per heavy atom. The van der Waals surface area contributed by atoms with Crippen molar-refractivity contribution in [2.75, 3.05) is 0 Å². The number of aryl methyl sites for hydroxylation is 2. The van der Waals surface area contributed by atoms with Gasteiger partial charge in [0.1, 0.15) is 0 Å². The lowest BCUT2D eigenvalue weighted by atomic mass is 9.93. The van der Waals surface area contributed by atoms with Gasteiger partial charge < -0.3 is 4.57 Å². The summed E-state index contributed by atoms with van der Waals surface area (Å²) in [5.41, 5.74) is 7.22. The van der Waals surface area contributed by atoms with Crippen molar-refractivity contribution in [2.24, 2.45) is 0 Å². The fourth-order valence-corrected chi connectivity index (χ4v) is 3.99. The molecule has 1 heterocycles. The molecule has 2 nitrogen and oxygen atoms in total. The highest BCUT2D eigenvalue weighted by molar-refractivity contribution is 6.11. The van der Waals surface area contributed by atoms with Crippen LogP contribution in [-0.4, -0.2) is 10.4 Å². The number of nitrogens with zero attached hydrogens (tertiary/aromatic N) is 1. The molecule has 0 bridgehead atoms. The Morgan fingerprint density at radius 1 is 1.04 bits per heavy atom. The average molecular weight is 303 g/mol. The first kappa shape index (κ1) is 14.3. The second-order valence-corrected chi connectivity index (χ2v) is 6.65. The molecule has 0 fully saturated rings. The van der Waals surface area contributed by atoms with Gasteiger partial charge in [0.15, 0.2) is 5.78 Å². The lowest BCUT2D eigenvalue weighted by molar-refractivity contribution is 0.0973. The van der Waals surface area contributed by atoms with Gasteiger partial charge in [0.05, 0.1) is 5.52 Å². The monoisotopic (exact) mass is 303 g/mol. The number of carbonyl (C=O) groups excluding carboxylic acids is 1. The molecular formula is C21H21NO. The van der Waals surface area contributed by atoms with Gasteiger partial charge in [0.2, 0.25) is 0 Å². The minimum absolute atomic E-state index is 0.313. The van der Waals surface area contributed by atoms with Crippen molar-refractivity contribution in [2.45, 2.75) is 39.7 Å². The Hall–Kier alpha value is -2.35. The maximum Gasteiger partial charge on any atom is 0.165 e. The molecule has 0 aliphatic heterocycles. The minimum Gasteiger partial charge on any atom is -0.339 e. The van der Waals surface area contributed by atoms with Crippen molar-refractivity contribution in [3.8, 4) is 0 Å². The third-order valence-electron chi connectivity index (χ3n) is 4.88. The van der Waals surface area contributed by atoms with Gasteiger partial charge in [-0.05, 0) is 43.9 Å². The predicted octanol–water partition coefficient (Wildman–Crippen LogP) is 4.83. The van der Waals surface area contributed by atoms with Crippen LogP contribution in [0, 0.1) is 13.8 Å². The lowest BCUT2D eigenvalue weighted by Gasteiger charge is -2.16. The van der Waals surface area contributed by atoms with E-state index >= 15 is 0 Å². The fraction of sp³-hybridized carbons (Fsp3) is 0.286. The number of carbonyl (C=O) groups is 1. The topological polar surface area (TPSA) is 22.0 Å². The van der Waals surface area contributed by atoms with Crippen molar-refractivity contribution in [3.63, 3.8) is 0 Å². The number of aromatic nitrogens is 1. The Balaban J connectivity index is 2.01. The molecule has 2 aromatic carbocycles. The third-order valence-corrected chi connectivity index (χ3v) is 4.88. The highest BCUT2D eigenvalue weighted by Crippen LogP contribution is 2.35. The van der Waals surface area contributed by atoms with Crippen LogP contribution in [0.5, 0.6) is 0 Å². The summed E-state index contributed by atoms with van der Waals surface area (Å²) >= 11 is 0. The molecular weight excluding hydrogens is 282 g/mol. The smallest absolute Gasteiger partial charge is 0.165 e. The highest BCUT2D eigenvalue weighted by atomic mass is 16.1. The van der Waals surface area contributed by atoms with Gasteiger partial charge in [0, 0.05) is 29.6 Å². The summed E-state index contributed by atoms with van der Waals surface area (Å²) in [5.74, 6) is 0.313. The van der Waals surface area contributed by atoms with E-state index < -0.39 is 0 Å². The second-order valence-electron chi connectivity index (χ2n) is 6.65. The zero-order chi connectivity index (χ0) is 16.0. The Morgan fingerprint density at radius 2 is 1.83 bits per heavy atom. The maximum atomic E-state index is 12.6. The number of Topliss-reactive ketones (excluding diaryl/α,β-unsaturated/α-hetero) is 1. The summed E-state index contributed by atoms with van der Waals surface area (Å²) in [7, 11) is 0. The third kappa shape index (κ3) is 2.29. The van der Waals surface area contributed by atoms with Gasteiger partial charge in [-0.15, -0.1) is 0 Å². The quantitative estimate of drug-likeness (QED) is 0.665. The van der Waals surface area contributed by atoms with Crippen molar-refractivity contribution < 1.29 is 4.79 Å². The van der Waals surface area contributed by atoms with Crippen LogP contribution < -0.4 is 0 Å². The molecule has 0 amide bonds. The highest BCUT2D eigenvalue weighted by Gasteiger charge is 2.26. The van der Waals surface area contributed by atoms with E-state index in [9.17, 15) is 4.79 Å². The molecule has 4 rings (SSSR count). The first-order valence-electron chi connectivity index (χ1n) is 8.34. The molecule has 2 heteroatoms. The molecule has 1 aliphatic rings. The van der Waals surface area contributed by atoms with Gasteiger partial charge in [-0.3, -0.25) is 4.79 Å². The molecule has 1 aliphatic carbocycles. The van der Waals surface area contributed by atoms with Crippen LogP contribution in [0.15, 0.2) is 42.5 Å². The molecule has 1 aromatic heterocycles. The van der Waals surface area contributed by atoms with Crippen LogP contribution in [0.3, 0.4) is 0 Å². The number of fused-ring (bicyclic) bond motifs is 3. The molecule has 0 unspecified atom stereocenters. The largest absolute Gasteiger partial charge is 0.339 e. The van der Waals surface area contributed by atoms with Crippen molar-refractivity contribution in [1.29, 1.82) is 0 Å². The molecule has 3 aromatic rings. The standard InChI is InChI=1S/C21H21NO/c1-14-11-15(2)21-17(12-14)20-18(9-6-10-19(20)23)22(21)13-16-7-4-3-5-8-16/h3-5,7-8,11-12H,6,9-10,13H2,1-2H3. The zero-order valence-electron chi connectivity index (χ0n) is 13.7. The molecule has 0 spiro atoms. The van der Waals surface area contributed by atoms with Crippen LogP contribution in [0.2, 0.25) is 0 Å². The Bertz CT molecular complexity index is 903. The van der Waals surface area contributed by atoms with E-state index in [0.717, 1.165) is 30.3 Å². The van der Waals surface area contributed by atoms with E-state index in [2.05, 4.69) is 54.8 Å². The molecule has 0 saturated heterocycles. The van der Waals surface area contributed by atoms with Gasteiger partial charge in [-0.1, -0.05) is 42.0 Å². The number of benzene rings is 2. The van der Waals surface area contributed by atoms with Gasteiger partial charge in [-0.2, -0.15) is 0 Å². The van der Waals surface area contributed by atoms with Crippen LogP contribution >= 0.6 is 0 Å². The number of hydrogen-bond donors (Lipinski definition) is 0. The summed E-state index contributed by atoms with van der Waals surface area (Å²) in [6, 6.07) is 14.9. The average Bonchev–Trinajstić information content (AvgIpc) is 2.84. The van der Waals surface area contributed by atoms with Crippen LogP contribution in [0.4, 0.5) is 0 Å². The van der Waals surface area contributed by atoms with Gasteiger partial charge >= 0.3 is 0 Å². The molecule has 0 saturated carbocycles. The lowest BCUT2D eigenvalue weighted by Crippen LogP contribution is -2.13. The minimum atomic E-state index is 0.313. The van der Waals surface area contributed by atoms with Crippen molar-refractivity contribution in [1.82, 2.24) is 4.57 Å². The summed E-state index contributed by atoms with van der Waals surface area (Å²) in [6.07, 6.45) is 2.65. The van der Waals surface area contributed by atoms with E-state index in [4.69, 9.17) is 0 Å². The first-order valence-corrected chi connectivity index (χ1v) is 8.34.